The number of alkyl halides is 3. The third kappa shape index (κ3) is 7.65. The fourth-order valence-corrected chi connectivity index (χ4v) is 2.73. The highest BCUT2D eigenvalue weighted by Crippen LogP contribution is 2.27. The predicted octanol–water partition coefficient (Wildman–Crippen LogP) is 3.78. The average molecular weight is 423 g/mol. The van der Waals surface area contributed by atoms with E-state index in [9.17, 15) is 22.8 Å². The maximum Gasteiger partial charge on any atom is 0.573 e. The highest BCUT2D eigenvalue weighted by Gasteiger charge is 2.32. The van der Waals surface area contributed by atoms with Crippen LogP contribution in [0.25, 0.3) is 0 Å². The van der Waals surface area contributed by atoms with E-state index < -0.39 is 6.36 Å². The van der Waals surface area contributed by atoms with Gasteiger partial charge in [-0.05, 0) is 11.6 Å². The smallest absolute Gasteiger partial charge is 0.405 e. The van der Waals surface area contributed by atoms with Gasteiger partial charge in [0.15, 0.2) is 0 Å². The molecule has 162 valence electrons. The van der Waals surface area contributed by atoms with Gasteiger partial charge in [-0.3, -0.25) is 4.79 Å². The molecule has 0 aliphatic carbocycles. The second kappa shape index (κ2) is 10.5. The van der Waals surface area contributed by atoms with Gasteiger partial charge in [0.25, 0.3) is 0 Å². The van der Waals surface area contributed by atoms with Crippen molar-refractivity contribution in [2.75, 3.05) is 20.6 Å². The molecule has 0 atom stereocenters. The molecule has 2 aromatic rings. The molecule has 0 heterocycles. The van der Waals surface area contributed by atoms with Crippen LogP contribution in [0.4, 0.5) is 18.0 Å². The van der Waals surface area contributed by atoms with Crippen LogP contribution in [-0.4, -0.2) is 48.7 Å². The highest BCUT2D eigenvalue weighted by atomic mass is 19.4. The Morgan fingerprint density at radius 1 is 0.933 bits per heavy atom. The molecule has 0 unspecified atom stereocenters. The number of hydrogen-bond acceptors (Lipinski definition) is 3. The predicted molar refractivity (Wildman–Crippen MR) is 106 cm³/mol. The van der Waals surface area contributed by atoms with Crippen LogP contribution in [0.3, 0.4) is 0 Å². The van der Waals surface area contributed by atoms with Crippen LogP contribution in [0, 0.1) is 0 Å². The molecule has 1 N–H and O–H groups in total. The van der Waals surface area contributed by atoms with Gasteiger partial charge in [0, 0.05) is 45.7 Å². The van der Waals surface area contributed by atoms with Crippen LogP contribution >= 0.6 is 0 Å². The van der Waals surface area contributed by atoms with Crippen LogP contribution < -0.4 is 10.1 Å². The van der Waals surface area contributed by atoms with Gasteiger partial charge in [0.05, 0.1) is 0 Å². The molecule has 0 bridgehead atoms. The first-order valence-electron chi connectivity index (χ1n) is 9.26. The van der Waals surface area contributed by atoms with E-state index in [-0.39, 0.29) is 42.8 Å². The Balaban J connectivity index is 1.80. The molecule has 3 amide bonds. The number of benzene rings is 2. The Labute approximate surface area is 173 Å². The molecule has 0 saturated heterocycles. The lowest BCUT2D eigenvalue weighted by Gasteiger charge is -2.21. The molecule has 0 radical (unpaired) electrons. The Bertz CT molecular complexity index is 844. The van der Waals surface area contributed by atoms with Crippen molar-refractivity contribution in [3.63, 3.8) is 0 Å². The van der Waals surface area contributed by atoms with E-state index in [0.29, 0.717) is 6.54 Å². The van der Waals surface area contributed by atoms with E-state index in [1.54, 1.807) is 13.1 Å². The number of carbonyl (C=O) groups excluding carboxylic acids is 2. The van der Waals surface area contributed by atoms with Gasteiger partial charge in [-0.2, -0.15) is 0 Å². The van der Waals surface area contributed by atoms with Gasteiger partial charge >= 0.3 is 12.4 Å². The summed E-state index contributed by atoms with van der Waals surface area (Å²) in [7, 11) is 3.13. The number of para-hydroxylation sites is 1. The van der Waals surface area contributed by atoms with Crippen molar-refractivity contribution in [2.45, 2.75) is 25.9 Å². The first kappa shape index (κ1) is 23.1. The maximum atomic E-state index is 12.5. The zero-order chi connectivity index (χ0) is 22.1. The summed E-state index contributed by atoms with van der Waals surface area (Å²) in [6.07, 6.45) is -4.79. The number of hydrogen-bond donors (Lipinski definition) is 1. The van der Waals surface area contributed by atoms with Crippen molar-refractivity contribution in [1.82, 2.24) is 15.1 Å². The van der Waals surface area contributed by atoms with Gasteiger partial charge in [0.2, 0.25) is 5.91 Å². The number of ether oxygens (including phenoxy) is 1. The molecule has 0 saturated carbocycles. The minimum absolute atomic E-state index is 0.0176. The Morgan fingerprint density at radius 2 is 1.57 bits per heavy atom. The van der Waals surface area contributed by atoms with E-state index in [0.717, 1.165) is 5.56 Å². The quantitative estimate of drug-likeness (QED) is 0.703. The molecule has 30 heavy (non-hydrogen) atoms. The minimum Gasteiger partial charge on any atom is -0.405 e. The van der Waals surface area contributed by atoms with Gasteiger partial charge in [-0.25, -0.2) is 4.79 Å². The lowest BCUT2D eigenvalue weighted by atomic mass is 10.2. The second-order valence-corrected chi connectivity index (χ2v) is 6.73. The zero-order valence-electron chi connectivity index (χ0n) is 16.8. The maximum absolute atomic E-state index is 12.5. The SMILES string of the molecule is CN(Cc1ccccc1OC(F)(F)F)C(=O)CCNC(=O)N(C)Cc1ccccc1. The number of urea groups is 1. The van der Waals surface area contributed by atoms with E-state index >= 15 is 0 Å². The van der Waals surface area contributed by atoms with Gasteiger partial charge < -0.3 is 19.9 Å². The minimum atomic E-state index is -4.81. The average Bonchev–Trinajstić information content (AvgIpc) is 2.68. The number of nitrogens with one attached hydrogen (secondary N) is 1. The molecule has 0 aromatic heterocycles. The fourth-order valence-electron chi connectivity index (χ4n) is 2.73. The summed E-state index contributed by atoms with van der Waals surface area (Å²) in [5.41, 5.74) is 1.21. The Kier molecular flexibility index (Phi) is 8.08. The number of halogens is 3. The van der Waals surface area contributed by atoms with Gasteiger partial charge in [-0.15, -0.1) is 13.2 Å². The summed E-state index contributed by atoms with van der Waals surface area (Å²) in [5, 5.41) is 2.66. The first-order valence-corrected chi connectivity index (χ1v) is 9.26. The molecular weight excluding hydrogens is 399 g/mol. The highest BCUT2D eigenvalue weighted by molar-refractivity contribution is 5.78. The van der Waals surface area contributed by atoms with Crippen LogP contribution in [0.5, 0.6) is 5.75 Å². The second-order valence-electron chi connectivity index (χ2n) is 6.73. The number of amides is 3. The summed E-state index contributed by atoms with van der Waals surface area (Å²) in [4.78, 5) is 27.2. The molecule has 0 aliphatic rings. The Morgan fingerprint density at radius 3 is 2.23 bits per heavy atom. The molecule has 0 aliphatic heterocycles. The van der Waals surface area contributed by atoms with Crippen molar-refractivity contribution in [1.29, 1.82) is 0 Å². The lowest BCUT2D eigenvalue weighted by Crippen LogP contribution is -2.39. The van der Waals surface area contributed by atoms with Crippen LogP contribution in [0.1, 0.15) is 17.5 Å². The standard InChI is InChI=1S/C21H24F3N3O3/c1-26(15-17-10-6-7-11-18(17)30-21(22,23)24)19(28)12-13-25-20(29)27(2)14-16-8-4-3-5-9-16/h3-11H,12-15H2,1-2H3,(H,25,29). The van der Waals surface area contributed by atoms with Crippen molar-refractivity contribution in [2.24, 2.45) is 0 Å². The molecule has 0 spiro atoms. The zero-order valence-corrected chi connectivity index (χ0v) is 16.8. The number of nitrogens with zero attached hydrogens (tertiary/aromatic N) is 2. The van der Waals surface area contributed by atoms with E-state index in [1.165, 1.54) is 35.0 Å². The summed E-state index contributed by atoms with van der Waals surface area (Å²) >= 11 is 0. The lowest BCUT2D eigenvalue weighted by molar-refractivity contribution is -0.275. The van der Waals surface area contributed by atoms with Crippen molar-refractivity contribution >= 4 is 11.9 Å². The summed E-state index contributed by atoms with van der Waals surface area (Å²) < 4.78 is 41.5. The summed E-state index contributed by atoms with van der Waals surface area (Å²) in [6.45, 7) is 0.491. The van der Waals surface area contributed by atoms with E-state index in [2.05, 4.69) is 10.1 Å². The molecule has 9 heteroatoms. The fraction of sp³-hybridized carbons (Fsp3) is 0.333. The van der Waals surface area contributed by atoms with E-state index in [1.807, 2.05) is 30.3 Å². The summed E-state index contributed by atoms with van der Waals surface area (Å²) in [6, 6.07) is 14.8. The normalized spacial score (nSPS) is 11.0. The third-order valence-electron chi connectivity index (χ3n) is 4.26. The van der Waals surface area contributed by atoms with E-state index in [4.69, 9.17) is 0 Å². The molecular formula is C21H24F3N3O3. The van der Waals surface area contributed by atoms with Crippen molar-refractivity contribution < 1.29 is 27.5 Å². The van der Waals surface area contributed by atoms with Crippen LogP contribution in [-0.2, 0) is 17.9 Å². The Hall–Kier alpha value is -3.23. The van der Waals surface area contributed by atoms with Gasteiger partial charge in [0.1, 0.15) is 5.75 Å². The monoisotopic (exact) mass is 423 g/mol. The first-order chi connectivity index (χ1) is 14.2. The third-order valence-corrected chi connectivity index (χ3v) is 4.26. The molecule has 2 aromatic carbocycles. The molecule has 6 nitrogen and oxygen atoms in total. The topological polar surface area (TPSA) is 61.9 Å². The number of carbonyl (C=O) groups is 2. The molecule has 0 fully saturated rings. The number of rotatable bonds is 8. The van der Waals surface area contributed by atoms with Crippen molar-refractivity contribution in [3.8, 4) is 5.75 Å². The summed E-state index contributed by atoms with van der Waals surface area (Å²) in [5.74, 6) is -0.664. The van der Waals surface area contributed by atoms with Crippen LogP contribution in [0.15, 0.2) is 54.6 Å². The van der Waals surface area contributed by atoms with Crippen LogP contribution in [0.2, 0.25) is 0 Å². The van der Waals surface area contributed by atoms with Crippen molar-refractivity contribution in [3.05, 3.63) is 65.7 Å². The van der Waals surface area contributed by atoms with Gasteiger partial charge in [-0.1, -0.05) is 48.5 Å². The largest absolute Gasteiger partial charge is 0.573 e. The molecule has 2 rings (SSSR count).